The zero-order valence-electron chi connectivity index (χ0n) is 19.9. The fourth-order valence-corrected chi connectivity index (χ4v) is 4.54. The molecule has 2 heterocycles. The maximum absolute atomic E-state index is 13.3. The quantitative estimate of drug-likeness (QED) is 0.402. The number of pyridine rings is 1. The highest BCUT2D eigenvalue weighted by Crippen LogP contribution is 2.43. The molecule has 35 heavy (non-hydrogen) atoms. The van der Waals surface area contributed by atoms with Crippen molar-refractivity contribution in [3.8, 4) is 11.5 Å². The average molecular weight is 472 g/mol. The summed E-state index contributed by atoms with van der Waals surface area (Å²) >= 11 is 0. The molecule has 0 radical (unpaired) electrons. The Morgan fingerprint density at radius 1 is 1.06 bits per heavy atom. The molecule has 6 nitrogen and oxygen atoms in total. The number of nitrogens with one attached hydrogen (secondary N) is 1. The lowest BCUT2D eigenvalue weighted by Gasteiger charge is -2.17. The highest BCUT2D eigenvalue weighted by atomic mass is 19.1. The van der Waals surface area contributed by atoms with Crippen molar-refractivity contribution in [3.63, 3.8) is 0 Å². The highest BCUT2D eigenvalue weighted by molar-refractivity contribution is 6.11. The summed E-state index contributed by atoms with van der Waals surface area (Å²) in [7, 11) is 5.26. The van der Waals surface area contributed by atoms with E-state index >= 15 is 0 Å². The third kappa shape index (κ3) is 4.25. The van der Waals surface area contributed by atoms with E-state index in [2.05, 4.69) is 11.4 Å². The van der Waals surface area contributed by atoms with E-state index in [4.69, 9.17) is 14.5 Å². The SMILES string of the molecule is CNc1c2c(c(OCc3ccc(OC)cc3)c3ncc(Cc4ccc(F)cc4)cc13)C(=O)N(C)C2. The van der Waals surface area contributed by atoms with E-state index in [1.165, 1.54) is 12.1 Å². The second-order valence-corrected chi connectivity index (χ2v) is 8.65. The molecule has 1 aliphatic heterocycles. The third-order valence-corrected chi connectivity index (χ3v) is 6.33. The van der Waals surface area contributed by atoms with Crippen LogP contribution in [0.3, 0.4) is 0 Å². The molecule has 5 rings (SSSR count). The smallest absolute Gasteiger partial charge is 0.258 e. The Kier molecular flexibility index (Phi) is 5.99. The molecular weight excluding hydrogens is 445 g/mol. The fourth-order valence-electron chi connectivity index (χ4n) is 4.54. The molecule has 0 saturated carbocycles. The number of hydrogen-bond donors (Lipinski definition) is 1. The van der Waals surface area contributed by atoms with E-state index < -0.39 is 0 Å². The molecule has 0 atom stereocenters. The van der Waals surface area contributed by atoms with Gasteiger partial charge in [-0.2, -0.15) is 0 Å². The highest BCUT2D eigenvalue weighted by Gasteiger charge is 2.34. The maximum atomic E-state index is 13.3. The minimum absolute atomic E-state index is 0.0830. The number of ether oxygens (including phenoxy) is 2. The molecule has 4 aromatic rings. The molecule has 0 bridgehead atoms. The number of anilines is 1. The number of carbonyl (C=O) groups excluding carboxylic acids is 1. The third-order valence-electron chi connectivity index (χ3n) is 6.33. The first-order chi connectivity index (χ1) is 17.0. The van der Waals surface area contributed by atoms with Crippen molar-refractivity contribution in [1.29, 1.82) is 0 Å². The first-order valence-corrected chi connectivity index (χ1v) is 11.4. The molecule has 1 amide bonds. The fraction of sp³-hybridized carbons (Fsp3) is 0.214. The monoisotopic (exact) mass is 471 g/mol. The lowest BCUT2D eigenvalue weighted by Crippen LogP contribution is -2.18. The van der Waals surface area contributed by atoms with Gasteiger partial charge in [0.05, 0.1) is 12.7 Å². The van der Waals surface area contributed by atoms with Gasteiger partial charge in [-0.1, -0.05) is 24.3 Å². The van der Waals surface area contributed by atoms with E-state index in [1.54, 1.807) is 37.4 Å². The number of methoxy groups -OCH3 is 1. The Bertz CT molecular complexity index is 1400. The molecule has 1 aliphatic rings. The second-order valence-electron chi connectivity index (χ2n) is 8.65. The van der Waals surface area contributed by atoms with Crippen LogP contribution in [0.4, 0.5) is 10.1 Å². The number of carbonyl (C=O) groups is 1. The van der Waals surface area contributed by atoms with Crippen LogP contribution in [-0.4, -0.2) is 37.0 Å². The molecule has 7 heteroatoms. The van der Waals surface area contributed by atoms with Gasteiger partial charge in [-0.05, 0) is 53.4 Å². The van der Waals surface area contributed by atoms with Gasteiger partial charge in [-0.25, -0.2) is 4.39 Å². The van der Waals surface area contributed by atoms with Crippen molar-refractivity contribution in [2.75, 3.05) is 26.5 Å². The molecule has 1 aromatic heterocycles. The summed E-state index contributed by atoms with van der Waals surface area (Å²) in [6, 6.07) is 16.2. The van der Waals surface area contributed by atoms with Crippen molar-refractivity contribution in [2.24, 2.45) is 0 Å². The zero-order valence-corrected chi connectivity index (χ0v) is 19.9. The van der Waals surface area contributed by atoms with Crippen LogP contribution in [0.2, 0.25) is 0 Å². The molecule has 3 aromatic carbocycles. The Morgan fingerprint density at radius 3 is 2.46 bits per heavy atom. The molecule has 0 spiro atoms. The van der Waals surface area contributed by atoms with E-state index in [1.807, 2.05) is 31.3 Å². The van der Waals surface area contributed by atoms with Crippen LogP contribution in [0.25, 0.3) is 10.9 Å². The number of halogens is 1. The standard InChI is InChI=1S/C28H26FN3O3/c1-30-25-22-13-19(12-17-4-8-20(29)9-5-17)14-31-26(22)27(24-23(25)15-32(2)28(24)33)35-16-18-6-10-21(34-3)11-7-18/h4-11,13-14,30H,12,15-16H2,1-3H3. The van der Waals surface area contributed by atoms with E-state index in [-0.39, 0.29) is 11.7 Å². The summed E-state index contributed by atoms with van der Waals surface area (Å²) in [6.07, 6.45) is 2.41. The largest absolute Gasteiger partial charge is 0.497 e. The number of benzene rings is 3. The minimum atomic E-state index is -0.258. The van der Waals surface area contributed by atoms with Crippen LogP contribution in [0.15, 0.2) is 60.8 Å². The molecule has 178 valence electrons. The van der Waals surface area contributed by atoms with Crippen LogP contribution in [-0.2, 0) is 19.6 Å². The van der Waals surface area contributed by atoms with Gasteiger partial charge in [0.15, 0.2) is 5.75 Å². The summed E-state index contributed by atoms with van der Waals surface area (Å²) in [5.74, 6) is 0.921. The second kappa shape index (κ2) is 9.25. The van der Waals surface area contributed by atoms with E-state index in [0.29, 0.717) is 36.4 Å². The van der Waals surface area contributed by atoms with E-state index in [9.17, 15) is 9.18 Å². The predicted molar refractivity (Wildman–Crippen MR) is 134 cm³/mol. The lowest BCUT2D eigenvalue weighted by molar-refractivity contribution is 0.0813. The Morgan fingerprint density at radius 2 is 1.77 bits per heavy atom. The van der Waals surface area contributed by atoms with Crippen LogP contribution in [0.1, 0.15) is 32.6 Å². The maximum Gasteiger partial charge on any atom is 0.258 e. The van der Waals surface area contributed by atoms with Crippen molar-refractivity contribution < 1.29 is 18.7 Å². The molecule has 1 N–H and O–H groups in total. The van der Waals surface area contributed by atoms with Gasteiger partial charge >= 0.3 is 0 Å². The molecule has 0 unspecified atom stereocenters. The van der Waals surface area contributed by atoms with Gasteiger partial charge in [-0.3, -0.25) is 9.78 Å². The minimum Gasteiger partial charge on any atom is -0.497 e. The van der Waals surface area contributed by atoms with Gasteiger partial charge in [0.2, 0.25) is 0 Å². The number of fused-ring (bicyclic) bond motifs is 2. The zero-order chi connectivity index (χ0) is 24.5. The van der Waals surface area contributed by atoms with Gasteiger partial charge in [0.25, 0.3) is 5.91 Å². The van der Waals surface area contributed by atoms with Gasteiger partial charge in [-0.15, -0.1) is 0 Å². The Balaban J connectivity index is 1.58. The summed E-state index contributed by atoms with van der Waals surface area (Å²) < 4.78 is 24.9. The van der Waals surface area contributed by atoms with Crippen LogP contribution in [0, 0.1) is 5.82 Å². The molecule has 0 fully saturated rings. The van der Waals surface area contributed by atoms with Crippen molar-refractivity contribution in [2.45, 2.75) is 19.6 Å². The normalized spacial score (nSPS) is 12.7. The number of aromatic nitrogens is 1. The summed E-state index contributed by atoms with van der Waals surface area (Å²) in [5, 5.41) is 4.17. The number of hydrogen-bond acceptors (Lipinski definition) is 5. The van der Waals surface area contributed by atoms with Crippen LogP contribution < -0.4 is 14.8 Å². The van der Waals surface area contributed by atoms with E-state index in [0.717, 1.165) is 39.1 Å². The summed E-state index contributed by atoms with van der Waals surface area (Å²) in [4.78, 5) is 19.5. The first-order valence-electron chi connectivity index (χ1n) is 11.4. The number of amides is 1. The topological polar surface area (TPSA) is 63.7 Å². The predicted octanol–water partition coefficient (Wildman–Crippen LogP) is 5.18. The molecular formula is C28H26FN3O3. The van der Waals surface area contributed by atoms with Crippen molar-refractivity contribution in [1.82, 2.24) is 9.88 Å². The average Bonchev–Trinajstić information content (AvgIpc) is 3.17. The Labute approximate surface area is 203 Å². The summed E-state index contributed by atoms with van der Waals surface area (Å²) in [5.41, 5.74) is 5.89. The van der Waals surface area contributed by atoms with Crippen LogP contribution in [0.5, 0.6) is 11.5 Å². The molecule has 0 aliphatic carbocycles. The van der Waals surface area contributed by atoms with Gasteiger partial charge in [0.1, 0.15) is 23.7 Å². The van der Waals surface area contributed by atoms with Crippen LogP contribution >= 0.6 is 0 Å². The van der Waals surface area contributed by atoms with Gasteiger partial charge in [0, 0.05) is 43.5 Å². The first kappa shape index (κ1) is 22.7. The number of nitrogens with zero attached hydrogens (tertiary/aromatic N) is 2. The molecule has 0 saturated heterocycles. The summed E-state index contributed by atoms with van der Waals surface area (Å²) in [6.45, 7) is 0.780. The Hall–Kier alpha value is -4.13. The van der Waals surface area contributed by atoms with Gasteiger partial charge < -0.3 is 19.7 Å². The van der Waals surface area contributed by atoms with Crippen molar-refractivity contribution in [3.05, 3.63) is 94.4 Å². The number of rotatable bonds is 7. The lowest BCUT2D eigenvalue weighted by atomic mass is 9.98. The van der Waals surface area contributed by atoms with Crippen molar-refractivity contribution >= 4 is 22.5 Å².